The molecule has 3 rings (SSSR count). The minimum absolute atomic E-state index is 0.0888. The van der Waals surface area contributed by atoms with Crippen molar-refractivity contribution in [2.75, 3.05) is 6.54 Å². The highest BCUT2D eigenvalue weighted by Gasteiger charge is 2.08. The van der Waals surface area contributed by atoms with Crippen LogP contribution in [0, 0.1) is 0 Å². The maximum atomic E-state index is 12.2. The Kier molecular flexibility index (Phi) is 6.15. The summed E-state index contributed by atoms with van der Waals surface area (Å²) in [5, 5.41) is 7.19. The predicted octanol–water partition coefficient (Wildman–Crippen LogP) is 2.83. The summed E-state index contributed by atoms with van der Waals surface area (Å²) in [5.41, 5.74) is 3.71. The third-order valence-electron chi connectivity index (χ3n) is 4.40. The lowest BCUT2D eigenvalue weighted by Crippen LogP contribution is -2.34. The molecule has 0 saturated carbocycles. The van der Waals surface area contributed by atoms with E-state index in [9.17, 15) is 9.59 Å². The second-order valence-electron chi connectivity index (χ2n) is 6.35. The summed E-state index contributed by atoms with van der Waals surface area (Å²) >= 11 is 0. The van der Waals surface area contributed by atoms with Gasteiger partial charge in [-0.25, -0.2) is 4.68 Å². The summed E-state index contributed by atoms with van der Waals surface area (Å²) in [6.07, 6.45) is 1.72. The second-order valence-corrected chi connectivity index (χ2v) is 6.35. The molecule has 5 heteroatoms. The Morgan fingerprint density at radius 3 is 2.41 bits per heavy atom. The summed E-state index contributed by atoms with van der Waals surface area (Å²) in [5.74, 6) is -0.223. The second kappa shape index (κ2) is 8.94. The van der Waals surface area contributed by atoms with E-state index in [1.54, 1.807) is 6.07 Å². The van der Waals surface area contributed by atoms with Gasteiger partial charge in [-0.15, -0.1) is 0 Å². The van der Waals surface area contributed by atoms with Gasteiger partial charge in [-0.3, -0.25) is 9.59 Å². The van der Waals surface area contributed by atoms with Crippen molar-refractivity contribution in [1.29, 1.82) is 0 Å². The number of benzene rings is 2. The average molecular weight is 361 g/mol. The Bertz CT molecular complexity index is 947. The van der Waals surface area contributed by atoms with Gasteiger partial charge in [-0.05, 0) is 30.0 Å². The smallest absolute Gasteiger partial charge is 0.267 e. The molecule has 0 fully saturated rings. The lowest BCUT2D eigenvalue weighted by Gasteiger charge is -2.09. The molecule has 0 aliphatic heterocycles. The van der Waals surface area contributed by atoms with Crippen molar-refractivity contribution < 1.29 is 4.79 Å². The number of amides is 1. The third-order valence-corrected chi connectivity index (χ3v) is 4.40. The molecule has 3 aromatic rings. The van der Waals surface area contributed by atoms with E-state index in [2.05, 4.69) is 17.3 Å². The van der Waals surface area contributed by atoms with Gasteiger partial charge in [0.05, 0.1) is 5.69 Å². The van der Waals surface area contributed by atoms with Crippen LogP contribution in [0.25, 0.3) is 11.3 Å². The Balaban J connectivity index is 1.63. The maximum Gasteiger partial charge on any atom is 0.267 e. The molecule has 27 heavy (non-hydrogen) atoms. The van der Waals surface area contributed by atoms with Gasteiger partial charge in [0.15, 0.2) is 0 Å². The van der Waals surface area contributed by atoms with Gasteiger partial charge in [0.25, 0.3) is 5.56 Å². The molecular formula is C22H23N3O2. The van der Waals surface area contributed by atoms with E-state index in [4.69, 9.17) is 0 Å². The zero-order valence-electron chi connectivity index (χ0n) is 15.4. The third kappa shape index (κ3) is 5.14. The van der Waals surface area contributed by atoms with Crippen LogP contribution in [-0.2, 0) is 24.2 Å². The van der Waals surface area contributed by atoms with E-state index in [0.717, 1.165) is 24.0 Å². The number of carbonyl (C=O) groups excluding carboxylic acids is 1. The van der Waals surface area contributed by atoms with Crippen molar-refractivity contribution in [2.45, 2.75) is 26.3 Å². The van der Waals surface area contributed by atoms with E-state index in [0.29, 0.717) is 12.2 Å². The molecule has 0 saturated heterocycles. The fraction of sp³-hybridized carbons (Fsp3) is 0.227. The van der Waals surface area contributed by atoms with E-state index in [-0.39, 0.29) is 18.0 Å². The summed E-state index contributed by atoms with van der Waals surface area (Å²) in [7, 11) is 0. The Morgan fingerprint density at radius 1 is 0.963 bits per heavy atom. The number of aryl methyl sites for hydroxylation is 1. The fourth-order valence-corrected chi connectivity index (χ4v) is 2.81. The van der Waals surface area contributed by atoms with Crippen LogP contribution in [0.5, 0.6) is 0 Å². The zero-order chi connectivity index (χ0) is 19.1. The molecule has 0 aliphatic carbocycles. The van der Waals surface area contributed by atoms with Crippen molar-refractivity contribution in [3.05, 3.63) is 88.2 Å². The summed E-state index contributed by atoms with van der Waals surface area (Å²) in [6, 6.07) is 21.1. The number of hydrogen-bond acceptors (Lipinski definition) is 3. The first-order valence-corrected chi connectivity index (χ1v) is 9.14. The topological polar surface area (TPSA) is 64.0 Å². The van der Waals surface area contributed by atoms with Gasteiger partial charge in [0, 0.05) is 18.2 Å². The van der Waals surface area contributed by atoms with Crippen molar-refractivity contribution in [1.82, 2.24) is 15.1 Å². The lowest BCUT2D eigenvalue weighted by molar-refractivity contribution is -0.121. The number of rotatable bonds is 7. The van der Waals surface area contributed by atoms with Gasteiger partial charge in [-0.2, -0.15) is 5.10 Å². The quantitative estimate of drug-likeness (QED) is 0.704. The van der Waals surface area contributed by atoms with Gasteiger partial charge < -0.3 is 5.32 Å². The molecule has 0 unspecified atom stereocenters. The van der Waals surface area contributed by atoms with Crippen LogP contribution in [0.1, 0.15) is 18.1 Å². The van der Waals surface area contributed by atoms with Crippen LogP contribution in [0.15, 0.2) is 71.5 Å². The number of nitrogens with one attached hydrogen (secondary N) is 1. The Morgan fingerprint density at radius 2 is 1.70 bits per heavy atom. The van der Waals surface area contributed by atoms with Crippen molar-refractivity contribution in [3.8, 4) is 11.3 Å². The average Bonchev–Trinajstić information content (AvgIpc) is 2.70. The van der Waals surface area contributed by atoms with Crippen molar-refractivity contribution in [3.63, 3.8) is 0 Å². The molecule has 2 aromatic carbocycles. The van der Waals surface area contributed by atoms with Crippen LogP contribution < -0.4 is 10.9 Å². The minimum Gasteiger partial charge on any atom is -0.354 e. The standard InChI is InChI=1S/C22H23N3O2/c1-2-17-8-10-19(11-9-17)20-12-13-22(27)25(24-20)16-21(26)23-15-14-18-6-4-3-5-7-18/h3-13H,2,14-16H2,1H3,(H,23,26). The number of aromatic nitrogens is 2. The molecule has 0 spiro atoms. The Labute approximate surface area is 158 Å². The summed E-state index contributed by atoms with van der Waals surface area (Å²) < 4.78 is 1.21. The first-order valence-electron chi connectivity index (χ1n) is 9.14. The summed E-state index contributed by atoms with van der Waals surface area (Å²) in [6.45, 7) is 2.54. The molecule has 0 radical (unpaired) electrons. The number of carbonyl (C=O) groups is 1. The number of hydrogen-bond donors (Lipinski definition) is 1. The highest BCUT2D eigenvalue weighted by Crippen LogP contribution is 2.16. The van der Waals surface area contributed by atoms with E-state index < -0.39 is 0 Å². The maximum absolute atomic E-state index is 12.2. The van der Waals surface area contributed by atoms with Crippen LogP contribution in [0.3, 0.4) is 0 Å². The van der Waals surface area contributed by atoms with Gasteiger partial charge in [0.2, 0.25) is 5.91 Å². The normalized spacial score (nSPS) is 10.6. The number of nitrogens with zero attached hydrogens (tertiary/aromatic N) is 2. The molecule has 1 N–H and O–H groups in total. The van der Waals surface area contributed by atoms with E-state index >= 15 is 0 Å². The van der Waals surface area contributed by atoms with Crippen LogP contribution in [0.4, 0.5) is 0 Å². The van der Waals surface area contributed by atoms with Gasteiger partial charge in [0.1, 0.15) is 6.54 Å². The SMILES string of the molecule is CCc1ccc(-c2ccc(=O)n(CC(=O)NCCc3ccccc3)n2)cc1. The van der Waals surface area contributed by atoms with Crippen molar-refractivity contribution >= 4 is 5.91 Å². The van der Waals surface area contributed by atoms with Crippen LogP contribution >= 0.6 is 0 Å². The molecule has 138 valence electrons. The van der Waals surface area contributed by atoms with E-state index in [1.165, 1.54) is 16.3 Å². The summed E-state index contributed by atoms with van der Waals surface area (Å²) in [4.78, 5) is 24.2. The largest absolute Gasteiger partial charge is 0.354 e. The van der Waals surface area contributed by atoms with Gasteiger partial charge >= 0.3 is 0 Å². The highest BCUT2D eigenvalue weighted by molar-refractivity contribution is 5.75. The molecular weight excluding hydrogens is 338 g/mol. The van der Waals surface area contributed by atoms with Crippen LogP contribution in [-0.4, -0.2) is 22.2 Å². The Hall–Kier alpha value is -3.21. The van der Waals surface area contributed by atoms with Gasteiger partial charge in [-0.1, -0.05) is 61.5 Å². The minimum atomic E-state index is -0.290. The van der Waals surface area contributed by atoms with E-state index in [1.807, 2.05) is 54.6 Å². The monoisotopic (exact) mass is 361 g/mol. The molecule has 5 nitrogen and oxygen atoms in total. The van der Waals surface area contributed by atoms with Crippen molar-refractivity contribution in [2.24, 2.45) is 0 Å². The lowest BCUT2D eigenvalue weighted by atomic mass is 10.1. The molecule has 1 amide bonds. The first-order chi connectivity index (χ1) is 13.2. The molecule has 0 bridgehead atoms. The molecule has 0 atom stereocenters. The predicted molar refractivity (Wildman–Crippen MR) is 106 cm³/mol. The first kappa shape index (κ1) is 18.6. The molecule has 0 aliphatic rings. The molecule has 1 aromatic heterocycles. The van der Waals surface area contributed by atoms with Crippen LogP contribution in [0.2, 0.25) is 0 Å². The fourth-order valence-electron chi connectivity index (χ4n) is 2.81. The zero-order valence-corrected chi connectivity index (χ0v) is 15.4. The highest BCUT2D eigenvalue weighted by atomic mass is 16.2. The molecule has 1 heterocycles.